The van der Waals surface area contributed by atoms with Crippen LogP contribution in [0.1, 0.15) is 25.7 Å². The fourth-order valence-corrected chi connectivity index (χ4v) is 2.60. The molecule has 17 heavy (non-hydrogen) atoms. The molecule has 2 aliphatic rings. The van der Waals surface area contributed by atoms with Gasteiger partial charge >= 0.3 is 0 Å². The van der Waals surface area contributed by atoms with E-state index in [4.69, 9.17) is 10.9 Å². The molecule has 96 valence electrons. The van der Waals surface area contributed by atoms with Crippen LogP contribution in [0, 0.1) is 5.41 Å². The van der Waals surface area contributed by atoms with E-state index in [1.165, 1.54) is 0 Å². The third-order valence-electron chi connectivity index (χ3n) is 3.97. The van der Waals surface area contributed by atoms with E-state index in [2.05, 4.69) is 15.4 Å². The number of likely N-dealkylation sites (tertiary alicyclic amines) is 1. The summed E-state index contributed by atoms with van der Waals surface area (Å²) in [6.45, 7) is 1.87. The third kappa shape index (κ3) is 2.09. The summed E-state index contributed by atoms with van der Waals surface area (Å²) >= 11 is 0. The van der Waals surface area contributed by atoms with Crippen molar-refractivity contribution in [3.63, 3.8) is 0 Å². The number of nitrogens with zero attached hydrogens (tertiary/aromatic N) is 2. The maximum atomic E-state index is 12.2. The van der Waals surface area contributed by atoms with Gasteiger partial charge in [0.05, 0.1) is 0 Å². The summed E-state index contributed by atoms with van der Waals surface area (Å²) < 4.78 is 0. The molecule has 1 aliphatic heterocycles. The fraction of sp³-hybridized carbons (Fsp3) is 0.818. The van der Waals surface area contributed by atoms with Crippen LogP contribution < -0.4 is 11.1 Å². The first-order valence-electron chi connectivity index (χ1n) is 6.06. The Morgan fingerprint density at radius 1 is 1.59 bits per heavy atom. The van der Waals surface area contributed by atoms with E-state index in [-0.39, 0.29) is 17.8 Å². The summed E-state index contributed by atoms with van der Waals surface area (Å²) in [7, 11) is 2.04. The van der Waals surface area contributed by atoms with Crippen molar-refractivity contribution in [3.05, 3.63) is 0 Å². The largest absolute Gasteiger partial charge is 0.409 e. The normalized spacial score (nSPS) is 28.8. The third-order valence-corrected chi connectivity index (χ3v) is 3.97. The smallest absolute Gasteiger partial charge is 0.234 e. The molecule has 1 atom stereocenters. The Hall–Kier alpha value is -1.30. The number of nitrogens with two attached hydrogens (primary N) is 1. The van der Waals surface area contributed by atoms with Crippen molar-refractivity contribution < 1.29 is 10.0 Å². The van der Waals surface area contributed by atoms with Gasteiger partial charge in [0.1, 0.15) is 5.41 Å². The average Bonchev–Trinajstić information content (AvgIpc) is 2.62. The topological polar surface area (TPSA) is 91.0 Å². The number of carbonyl (C=O) groups excluding carboxylic acids is 1. The van der Waals surface area contributed by atoms with E-state index in [1.54, 1.807) is 0 Å². The molecule has 6 nitrogen and oxygen atoms in total. The van der Waals surface area contributed by atoms with Crippen molar-refractivity contribution in [2.45, 2.75) is 31.7 Å². The van der Waals surface area contributed by atoms with E-state index in [0.29, 0.717) is 12.8 Å². The molecule has 2 fully saturated rings. The number of hydrogen-bond acceptors (Lipinski definition) is 4. The standard InChI is InChI=1S/C11H20N4O2/c1-15-6-3-8(7-15)13-10(16)11(4-2-5-11)9(12)14-17/h8,17H,2-7H2,1H3,(H2,12,14)(H,13,16). The van der Waals surface area contributed by atoms with Gasteiger partial charge in [-0.2, -0.15) is 0 Å². The van der Waals surface area contributed by atoms with Gasteiger partial charge in [-0.05, 0) is 32.9 Å². The predicted molar refractivity (Wildman–Crippen MR) is 63.7 cm³/mol. The van der Waals surface area contributed by atoms with Crippen LogP contribution in [0.15, 0.2) is 5.16 Å². The van der Waals surface area contributed by atoms with Crippen molar-refractivity contribution in [2.75, 3.05) is 20.1 Å². The Morgan fingerprint density at radius 3 is 2.71 bits per heavy atom. The molecular formula is C11H20N4O2. The Kier molecular flexibility index (Phi) is 3.24. The fourth-order valence-electron chi connectivity index (χ4n) is 2.60. The summed E-state index contributed by atoms with van der Waals surface area (Å²) in [6, 6.07) is 0.191. The van der Waals surface area contributed by atoms with Crippen molar-refractivity contribution in [1.29, 1.82) is 0 Å². The number of oxime groups is 1. The number of hydrogen-bond donors (Lipinski definition) is 3. The second-order valence-corrected chi connectivity index (χ2v) is 5.14. The first-order chi connectivity index (χ1) is 8.08. The van der Waals surface area contributed by atoms with Crippen LogP contribution in [0.2, 0.25) is 0 Å². The minimum absolute atomic E-state index is 0.0487. The lowest BCUT2D eigenvalue weighted by Crippen LogP contribution is -2.56. The summed E-state index contributed by atoms with van der Waals surface area (Å²) in [5.41, 5.74) is 4.89. The first-order valence-corrected chi connectivity index (χ1v) is 6.06. The summed E-state index contributed by atoms with van der Waals surface area (Å²) in [6.07, 6.45) is 3.28. The number of amidine groups is 1. The summed E-state index contributed by atoms with van der Waals surface area (Å²) in [4.78, 5) is 14.4. The van der Waals surface area contributed by atoms with Gasteiger partial charge in [0.25, 0.3) is 0 Å². The molecule has 0 aromatic heterocycles. The van der Waals surface area contributed by atoms with Gasteiger partial charge in [-0.3, -0.25) is 4.79 Å². The van der Waals surface area contributed by atoms with Gasteiger partial charge in [-0.25, -0.2) is 0 Å². The molecule has 2 rings (SSSR count). The molecule has 0 aromatic rings. The molecule has 1 aliphatic carbocycles. The summed E-state index contributed by atoms with van der Waals surface area (Å²) in [5, 5.41) is 14.8. The second-order valence-electron chi connectivity index (χ2n) is 5.14. The maximum absolute atomic E-state index is 12.2. The highest BCUT2D eigenvalue weighted by Gasteiger charge is 2.49. The highest BCUT2D eigenvalue weighted by Crippen LogP contribution is 2.41. The lowest BCUT2D eigenvalue weighted by atomic mass is 9.67. The van der Waals surface area contributed by atoms with Crippen LogP contribution in [0.3, 0.4) is 0 Å². The van der Waals surface area contributed by atoms with Crippen LogP contribution in [-0.4, -0.2) is 48.0 Å². The van der Waals surface area contributed by atoms with Crippen molar-refractivity contribution in [3.8, 4) is 0 Å². The SMILES string of the molecule is CN1CCC(NC(=O)C2(C(N)=NO)CCC2)C1. The van der Waals surface area contributed by atoms with Gasteiger partial charge in [0, 0.05) is 12.6 Å². The van der Waals surface area contributed by atoms with E-state index < -0.39 is 5.41 Å². The van der Waals surface area contributed by atoms with E-state index in [1.807, 2.05) is 7.05 Å². The van der Waals surface area contributed by atoms with Gasteiger partial charge in [0.15, 0.2) is 5.84 Å². The van der Waals surface area contributed by atoms with Crippen LogP contribution in [0.5, 0.6) is 0 Å². The lowest BCUT2D eigenvalue weighted by molar-refractivity contribution is -0.131. The maximum Gasteiger partial charge on any atom is 0.234 e. The zero-order valence-electron chi connectivity index (χ0n) is 10.1. The minimum atomic E-state index is -0.754. The number of nitrogens with one attached hydrogen (secondary N) is 1. The van der Waals surface area contributed by atoms with Crippen molar-refractivity contribution >= 4 is 11.7 Å². The van der Waals surface area contributed by atoms with Gasteiger partial charge in [-0.1, -0.05) is 11.6 Å². The molecule has 4 N–H and O–H groups in total. The molecule has 0 aromatic carbocycles. The zero-order chi connectivity index (χ0) is 12.5. The average molecular weight is 240 g/mol. The Labute approximate surface area is 101 Å². The second kappa shape index (κ2) is 4.52. The molecule has 1 saturated carbocycles. The minimum Gasteiger partial charge on any atom is -0.409 e. The van der Waals surface area contributed by atoms with Crippen LogP contribution >= 0.6 is 0 Å². The zero-order valence-corrected chi connectivity index (χ0v) is 10.1. The number of rotatable bonds is 3. The molecule has 1 saturated heterocycles. The molecule has 0 bridgehead atoms. The Balaban J connectivity index is 1.99. The highest BCUT2D eigenvalue weighted by molar-refractivity contribution is 6.07. The number of likely N-dealkylation sites (N-methyl/N-ethyl adjacent to an activating group) is 1. The molecule has 1 unspecified atom stereocenters. The van der Waals surface area contributed by atoms with Gasteiger partial charge in [-0.15, -0.1) is 0 Å². The quantitative estimate of drug-likeness (QED) is 0.274. The monoisotopic (exact) mass is 240 g/mol. The van der Waals surface area contributed by atoms with Crippen LogP contribution in [0.4, 0.5) is 0 Å². The van der Waals surface area contributed by atoms with Gasteiger partial charge < -0.3 is 21.2 Å². The number of amides is 1. The number of carbonyl (C=O) groups is 1. The molecule has 0 radical (unpaired) electrons. The lowest BCUT2D eigenvalue weighted by Gasteiger charge is -2.39. The van der Waals surface area contributed by atoms with E-state index in [9.17, 15) is 4.79 Å². The Morgan fingerprint density at radius 2 is 2.29 bits per heavy atom. The molecule has 1 amide bonds. The van der Waals surface area contributed by atoms with E-state index >= 15 is 0 Å². The highest BCUT2D eigenvalue weighted by atomic mass is 16.4. The van der Waals surface area contributed by atoms with Crippen LogP contribution in [-0.2, 0) is 4.79 Å². The molecule has 1 heterocycles. The molecule has 6 heteroatoms. The molecular weight excluding hydrogens is 220 g/mol. The Bertz CT molecular complexity index is 338. The van der Waals surface area contributed by atoms with Crippen molar-refractivity contribution in [1.82, 2.24) is 10.2 Å². The van der Waals surface area contributed by atoms with Gasteiger partial charge in [0.2, 0.25) is 5.91 Å². The predicted octanol–water partition coefficient (Wildman–Crippen LogP) is -0.277. The van der Waals surface area contributed by atoms with Crippen LogP contribution in [0.25, 0.3) is 0 Å². The molecule has 0 spiro atoms. The van der Waals surface area contributed by atoms with E-state index in [0.717, 1.165) is 25.9 Å². The first kappa shape index (κ1) is 12.2. The summed E-state index contributed by atoms with van der Waals surface area (Å²) in [5.74, 6) is -0.0352. The van der Waals surface area contributed by atoms with Crippen molar-refractivity contribution in [2.24, 2.45) is 16.3 Å².